The molecule has 0 saturated heterocycles. The summed E-state index contributed by atoms with van der Waals surface area (Å²) >= 11 is 5.53. The van der Waals surface area contributed by atoms with Crippen molar-refractivity contribution in [2.45, 2.75) is 0 Å². The lowest BCUT2D eigenvalue weighted by atomic mass is 10.2. The van der Waals surface area contributed by atoms with Crippen LogP contribution < -0.4 is 5.32 Å². The van der Waals surface area contributed by atoms with Gasteiger partial charge in [0.2, 0.25) is 0 Å². The third-order valence-corrected chi connectivity index (χ3v) is 1.58. The number of carbonyl (C=O) groups excluding carboxylic acids is 1. The van der Waals surface area contributed by atoms with Gasteiger partial charge >= 0.3 is 0 Å². The summed E-state index contributed by atoms with van der Waals surface area (Å²) in [6.07, 6.45) is 1.40. The van der Waals surface area contributed by atoms with E-state index in [1.807, 2.05) is 0 Å². The molecule has 1 aromatic carbocycles. The molecule has 0 aromatic heterocycles. The van der Waals surface area contributed by atoms with Gasteiger partial charge in [0.1, 0.15) is 5.82 Å². The average molecular weight is 199 g/mol. The van der Waals surface area contributed by atoms with Gasteiger partial charge in [-0.05, 0) is 18.2 Å². The van der Waals surface area contributed by atoms with E-state index >= 15 is 0 Å². The molecule has 66 valence electrons. The van der Waals surface area contributed by atoms with Crippen molar-refractivity contribution in [3.8, 4) is 6.19 Å². The fourth-order valence-electron chi connectivity index (χ4n) is 0.790. The van der Waals surface area contributed by atoms with Crippen LogP contribution >= 0.6 is 11.6 Å². The Balaban J connectivity index is 3.07. The highest BCUT2D eigenvalue weighted by atomic mass is 35.5. The molecule has 0 saturated carbocycles. The molecule has 0 spiro atoms. The standard InChI is InChI=1S/C8H4ClFN2O/c9-5-1-2-7(10)6(3-5)8(13)12-4-11/h1-3H,(H,12,13). The first-order valence-corrected chi connectivity index (χ1v) is 3.67. The molecule has 3 nitrogen and oxygen atoms in total. The molecule has 0 aliphatic heterocycles. The number of benzene rings is 1. The number of nitriles is 1. The molecule has 13 heavy (non-hydrogen) atoms. The molecule has 0 heterocycles. The lowest BCUT2D eigenvalue weighted by Gasteiger charge is -1.99. The number of nitrogens with zero attached hydrogens (tertiary/aromatic N) is 1. The minimum Gasteiger partial charge on any atom is -0.268 e. The van der Waals surface area contributed by atoms with Crippen molar-refractivity contribution in [3.05, 3.63) is 34.6 Å². The predicted molar refractivity (Wildman–Crippen MR) is 44.5 cm³/mol. The van der Waals surface area contributed by atoms with Gasteiger partial charge in [-0.15, -0.1) is 0 Å². The van der Waals surface area contributed by atoms with E-state index in [0.29, 0.717) is 0 Å². The van der Waals surface area contributed by atoms with Gasteiger partial charge in [-0.3, -0.25) is 10.1 Å². The van der Waals surface area contributed by atoms with Crippen molar-refractivity contribution in [1.82, 2.24) is 5.32 Å². The maximum Gasteiger partial charge on any atom is 0.267 e. The molecule has 1 N–H and O–H groups in total. The van der Waals surface area contributed by atoms with Crippen LogP contribution in [0.3, 0.4) is 0 Å². The summed E-state index contributed by atoms with van der Waals surface area (Å²) in [5, 5.41) is 10.2. The van der Waals surface area contributed by atoms with E-state index in [2.05, 4.69) is 0 Å². The zero-order valence-electron chi connectivity index (χ0n) is 6.34. The van der Waals surface area contributed by atoms with E-state index < -0.39 is 11.7 Å². The Morgan fingerprint density at radius 2 is 2.31 bits per heavy atom. The number of hydrogen-bond donors (Lipinski definition) is 1. The summed E-state index contributed by atoms with van der Waals surface area (Å²) in [6.45, 7) is 0. The molecule has 0 fully saturated rings. The smallest absolute Gasteiger partial charge is 0.267 e. The number of amides is 1. The Kier molecular flexibility index (Phi) is 2.83. The van der Waals surface area contributed by atoms with Gasteiger partial charge in [-0.1, -0.05) is 11.6 Å². The minimum atomic E-state index is -0.803. The fraction of sp³-hybridized carbons (Fsp3) is 0. The van der Waals surface area contributed by atoms with E-state index in [0.717, 1.165) is 12.1 Å². The van der Waals surface area contributed by atoms with Crippen LogP contribution in [0.4, 0.5) is 4.39 Å². The number of halogens is 2. The normalized spacial score (nSPS) is 9.00. The minimum absolute atomic E-state index is 0.240. The van der Waals surface area contributed by atoms with E-state index in [9.17, 15) is 9.18 Å². The third kappa shape index (κ3) is 2.17. The molecule has 1 amide bonds. The van der Waals surface area contributed by atoms with Crippen LogP contribution in [0, 0.1) is 17.3 Å². The molecular weight excluding hydrogens is 195 g/mol. The van der Waals surface area contributed by atoms with Crippen LogP contribution in [-0.4, -0.2) is 5.91 Å². The lowest BCUT2D eigenvalue weighted by molar-refractivity contribution is 0.0969. The molecule has 0 bridgehead atoms. The predicted octanol–water partition coefficient (Wildman–Crippen LogP) is 1.69. The monoisotopic (exact) mass is 198 g/mol. The second-order valence-corrected chi connectivity index (χ2v) is 2.63. The van der Waals surface area contributed by atoms with Crippen molar-refractivity contribution >= 4 is 17.5 Å². The van der Waals surface area contributed by atoms with Crippen molar-refractivity contribution in [1.29, 1.82) is 5.26 Å². The summed E-state index contributed by atoms with van der Waals surface area (Å²) < 4.78 is 12.9. The summed E-state index contributed by atoms with van der Waals surface area (Å²) in [7, 11) is 0. The summed E-state index contributed by atoms with van der Waals surface area (Å²) in [5.41, 5.74) is -0.242. The van der Waals surface area contributed by atoms with Crippen LogP contribution in [-0.2, 0) is 0 Å². The highest BCUT2D eigenvalue weighted by molar-refractivity contribution is 6.31. The molecule has 1 rings (SSSR count). The zero-order chi connectivity index (χ0) is 9.84. The van der Waals surface area contributed by atoms with Gasteiger partial charge in [-0.2, -0.15) is 5.26 Å². The van der Waals surface area contributed by atoms with Gasteiger partial charge < -0.3 is 0 Å². The molecule has 0 aliphatic carbocycles. The van der Waals surface area contributed by atoms with Crippen LogP contribution in [0.25, 0.3) is 0 Å². The van der Waals surface area contributed by atoms with Crippen LogP contribution in [0.1, 0.15) is 10.4 Å². The highest BCUT2D eigenvalue weighted by Gasteiger charge is 2.10. The summed E-state index contributed by atoms with van der Waals surface area (Å²) in [6, 6.07) is 3.54. The Labute approximate surface area is 78.7 Å². The molecule has 1 aromatic rings. The first-order chi connectivity index (χ1) is 6.15. The Morgan fingerprint density at radius 3 is 2.92 bits per heavy atom. The molecule has 0 unspecified atom stereocenters. The first-order valence-electron chi connectivity index (χ1n) is 3.29. The van der Waals surface area contributed by atoms with Gasteiger partial charge in [0.15, 0.2) is 6.19 Å². The van der Waals surface area contributed by atoms with Crippen molar-refractivity contribution in [3.63, 3.8) is 0 Å². The zero-order valence-corrected chi connectivity index (χ0v) is 7.10. The maximum absolute atomic E-state index is 12.9. The number of rotatable bonds is 1. The molecule has 0 aliphatic rings. The Bertz CT molecular complexity index is 386. The Morgan fingerprint density at radius 1 is 1.62 bits per heavy atom. The topological polar surface area (TPSA) is 52.9 Å². The van der Waals surface area contributed by atoms with Gasteiger partial charge in [0.25, 0.3) is 5.91 Å². The van der Waals surface area contributed by atoms with E-state index in [1.54, 1.807) is 5.32 Å². The van der Waals surface area contributed by atoms with E-state index in [-0.39, 0.29) is 10.6 Å². The van der Waals surface area contributed by atoms with Crippen molar-refractivity contribution < 1.29 is 9.18 Å². The van der Waals surface area contributed by atoms with E-state index in [4.69, 9.17) is 16.9 Å². The second kappa shape index (κ2) is 3.87. The third-order valence-electron chi connectivity index (χ3n) is 1.34. The largest absolute Gasteiger partial charge is 0.268 e. The number of nitrogens with one attached hydrogen (secondary N) is 1. The van der Waals surface area contributed by atoms with Crippen molar-refractivity contribution in [2.75, 3.05) is 0 Å². The number of hydrogen-bond acceptors (Lipinski definition) is 2. The quantitative estimate of drug-likeness (QED) is 0.552. The van der Waals surface area contributed by atoms with Crippen LogP contribution in [0.2, 0.25) is 5.02 Å². The molecule has 5 heteroatoms. The lowest BCUT2D eigenvalue weighted by Crippen LogP contribution is -2.18. The fourth-order valence-corrected chi connectivity index (χ4v) is 0.962. The number of carbonyl (C=O) groups is 1. The second-order valence-electron chi connectivity index (χ2n) is 2.19. The SMILES string of the molecule is N#CNC(=O)c1cc(Cl)ccc1F. The average Bonchev–Trinajstić information content (AvgIpc) is 2.09. The molecule has 0 atom stereocenters. The van der Waals surface area contributed by atoms with Crippen LogP contribution in [0.15, 0.2) is 18.2 Å². The summed E-state index contributed by atoms with van der Waals surface area (Å²) in [4.78, 5) is 11.0. The summed E-state index contributed by atoms with van der Waals surface area (Å²) in [5.74, 6) is -1.51. The van der Waals surface area contributed by atoms with Crippen molar-refractivity contribution in [2.24, 2.45) is 0 Å². The van der Waals surface area contributed by atoms with E-state index in [1.165, 1.54) is 12.3 Å². The van der Waals surface area contributed by atoms with Gasteiger partial charge in [0, 0.05) is 5.02 Å². The van der Waals surface area contributed by atoms with Gasteiger partial charge in [-0.25, -0.2) is 4.39 Å². The molecular formula is C8H4ClFN2O. The van der Waals surface area contributed by atoms with Gasteiger partial charge in [0.05, 0.1) is 5.56 Å². The maximum atomic E-state index is 12.9. The highest BCUT2D eigenvalue weighted by Crippen LogP contribution is 2.14. The van der Waals surface area contributed by atoms with Crippen LogP contribution in [0.5, 0.6) is 0 Å². The Hall–Kier alpha value is -1.60. The molecule has 0 radical (unpaired) electrons. The first kappa shape index (κ1) is 9.49.